The summed E-state index contributed by atoms with van der Waals surface area (Å²) in [5, 5.41) is 8.96. The van der Waals surface area contributed by atoms with Crippen LogP contribution in [0.4, 0.5) is 4.39 Å². The standard InChI is InChI=1S/C10H12FNO3/c1-15-10(14)9(12)4-6-2-3-7(13)5-8(6)11/h2-3,5,9,13H,4,12H2,1H3/t9-/m0/s1. The maximum Gasteiger partial charge on any atom is 0.322 e. The second kappa shape index (κ2) is 4.75. The van der Waals surface area contributed by atoms with Gasteiger partial charge < -0.3 is 15.6 Å². The molecule has 0 aliphatic heterocycles. The van der Waals surface area contributed by atoms with E-state index in [1.807, 2.05) is 0 Å². The molecule has 0 heterocycles. The number of carbonyl (C=O) groups excluding carboxylic acids is 1. The monoisotopic (exact) mass is 213 g/mol. The number of nitrogens with two attached hydrogens (primary N) is 1. The zero-order chi connectivity index (χ0) is 11.4. The van der Waals surface area contributed by atoms with Crippen molar-refractivity contribution in [3.05, 3.63) is 29.6 Å². The molecule has 0 aromatic heterocycles. The third-order valence-corrected chi connectivity index (χ3v) is 1.98. The van der Waals surface area contributed by atoms with E-state index in [9.17, 15) is 9.18 Å². The van der Waals surface area contributed by atoms with Gasteiger partial charge in [-0.25, -0.2) is 4.39 Å². The van der Waals surface area contributed by atoms with Crippen LogP contribution in [0.25, 0.3) is 0 Å². The predicted molar refractivity (Wildman–Crippen MR) is 51.8 cm³/mol. The van der Waals surface area contributed by atoms with Crippen LogP contribution in [-0.4, -0.2) is 24.2 Å². The van der Waals surface area contributed by atoms with Crippen molar-refractivity contribution in [2.45, 2.75) is 12.5 Å². The van der Waals surface area contributed by atoms with Gasteiger partial charge in [0.2, 0.25) is 0 Å². The van der Waals surface area contributed by atoms with Crippen molar-refractivity contribution in [3.63, 3.8) is 0 Å². The van der Waals surface area contributed by atoms with Crippen LogP contribution >= 0.6 is 0 Å². The summed E-state index contributed by atoms with van der Waals surface area (Å²) >= 11 is 0. The van der Waals surface area contributed by atoms with E-state index < -0.39 is 17.8 Å². The average Bonchev–Trinajstić information content (AvgIpc) is 2.20. The van der Waals surface area contributed by atoms with Crippen molar-refractivity contribution < 1.29 is 19.0 Å². The van der Waals surface area contributed by atoms with Gasteiger partial charge in [-0.05, 0) is 11.6 Å². The average molecular weight is 213 g/mol. The number of carbonyl (C=O) groups is 1. The number of hydrogen-bond donors (Lipinski definition) is 2. The minimum Gasteiger partial charge on any atom is -0.508 e. The van der Waals surface area contributed by atoms with Crippen molar-refractivity contribution in [3.8, 4) is 5.75 Å². The number of hydrogen-bond acceptors (Lipinski definition) is 4. The fraction of sp³-hybridized carbons (Fsp3) is 0.300. The number of phenolic OH excluding ortho intramolecular Hbond substituents is 1. The third-order valence-electron chi connectivity index (χ3n) is 1.98. The van der Waals surface area contributed by atoms with Crippen LogP contribution in [-0.2, 0) is 16.0 Å². The molecule has 0 aliphatic rings. The van der Waals surface area contributed by atoms with E-state index in [2.05, 4.69) is 4.74 Å². The summed E-state index contributed by atoms with van der Waals surface area (Å²) in [6.45, 7) is 0. The maximum absolute atomic E-state index is 13.2. The molecular weight excluding hydrogens is 201 g/mol. The Balaban J connectivity index is 2.76. The molecule has 4 nitrogen and oxygen atoms in total. The van der Waals surface area contributed by atoms with E-state index in [0.29, 0.717) is 0 Å². The van der Waals surface area contributed by atoms with Gasteiger partial charge in [0.15, 0.2) is 0 Å². The second-order valence-electron chi connectivity index (χ2n) is 3.11. The SMILES string of the molecule is COC(=O)[C@@H](N)Cc1ccc(O)cc1F. The minimum absolute atomic E-state index is 0.0405. The van der Waals surface area contributed by atoms with Gasteiger partial charge in [-0.1, -0.05) is 6.07 Å². The Labute approximate surface area is 86.5 Å². The molecule has 0 spiro atoms. The lowest BCUT2D eigenvalue weighted by Gasteiger charge is -2.09. The molecule has 1 rings (SSSR count). The number of phenols is 1. The van der Waals surface area contributed by atoms with Crippen molar-refractivity contribution >= 4 is 5.97 Å². The highest BCUT2D eigenvalue weighted by Gasteiger charge is 2.16. The molecule has 0 fully saturated rings. The molecule has 0 bridgehead atoms. The van der Waals surface area contributed by atoms with Gasteiger partial charge in [-0.2, -0.15) is 0 Å². The zero-order valence-corrected chi connectivity index (χ0v) is 8.24. The molecule has 3 N–H and O–H groups in total. The lowest BCUT2D eigenvalue weighted by atomic mass is 10.1. The molecule has 0 amide bonds. The van der Waals surface area contributed by atoms with Crippen molar-refractivity contribution in [1.29, 1.82) is 0 Å². The lowest BCUT2D eigenvalue weighted by Crippen LogP contribution is -2.33. The highest BCUT2D eigenvalue weighted by Crippen LogP contribution is 2.16. The first kappa shape index (κ1) is 11.5. The van der Waals surface area contributed by atoms with Gasteiger partial charge in [0.05, 0.1) is 7.11 Å². The largest absolute Gasteiger partial charge is 0.508 e. The smallest absolute Gasteiger partial charge is 0.322 e. The number of esters is 1. The Kier molecular flexibility index (Phi) is 3.62. The molecule has 0 radical (unpaired) electrons. The number of halogens is 1. The summed E-state index contributed by atoms with van der Waals surface area (Å²) in [4.78, 5) is 11.0. The molecule has 82 valence electrons. The zero-order valence-electron chi connectivity index (χ0n) is 8.24. The van der Waals surface area contributed by atoms with E-state index in [1.165, 1.54) is 19.2 Å². The number of methoxy groups -OCH3 is 1. The molecule has 0 aliphatic carbocycles. The van der Waals surface area contributed by atoms with Crippen LogP contribution in [0.5, 0.6) is 5.75 Å². The second-order valence-corrected chi connectivity index (χ2v) is 3.11. The van der Waals surface area contributed by atoms with Crippen LogP contribution in [0.3, 0.4) is 0 Å². The molecule has 0 unspecified atom stereocenters. The van der Waals surface area contributed by atoms with Gasteiger partial charge in [-0.15, -0.1) is 0 Å². The van der Waals surface area contributed by atoms with Crippen molar-refractivity contribution in [2.75, 3.05) is 7.11 Å². The Morgan fingerprint density at radius 3 is 2.87 bits per heavy atom. The first-order chi connectivity index (χ1) is 7.04. The molecule has 0 saturated carbocycles. The van der Waals surface area contributed by atoms with Gasteiger partial charge in [0.25, 0.3) is 0 Å². The number of rotatable bonds is 3. The summed E-state index contributed by atoms with van der Waals surface area (Å²) in [5.41, 5.74) is 5.73. The third kappa shape index (κ3) is 2.92. The van der Waals surface area contributed by atoms with Crippen LogP contribution in [0.15, 0.2) is 18.2 Å². The van der Waals surface area contributed by atoms with Crippen LogP contribution in [0.2, 0.25) is 0 Å². The molecule has 1 aromatic rings. The summed E-state index contributed by atoms with van der Waals surface area (Å²) < 4.78 is 17.6. The van der Waals surface area contributed by atoms with E-state index in [4.69, 9.17) is 10.8 Å². The van der Waals surface area contributed by atoms with Crippen molar-refractivity contribution in [1.82, 2.24) is 0 Å². The van der Waals surface area contributed by atoms with E-state index in [-0.39, 0.29) is 17.7 Å². The Morgan fingerprint density at radius 2 is 2.33 bits per heavy atom. The first-order valence-corrected chi connectivity index (χ1v) is 4.35. The normalized spacial score (nSPS) is 12.2. The molecule has 15 heavy (non-hydrogen) atoms. The summed E-state index contributed by atoms with van der Waals surface area (Å²) in [5.74, 6) is -1.35. The molecule has 1 atom stereocenters. The Bertz CT molecular complexity index is 368. The van der Waals surface area contributed by atoms with Crippen LogP contribution in [0, 0.1) is 5.82 Å². The Morgan fingerprint density at radius 1 is 1.67 bits per heavy atom. The number of benzene rings is 1. The highest BCUT2D eigenvalue weighted by molar-refractivity contribution is 5.75. The summed E-state index contributed by atoms with van der Waals surface area (Å²) in [6, 6.07) is 2.80. The van der Waals surface area contributed by atoms with E-state index >= 15 is 0 Å². The van der Waals surface area contributed by atoms with Crippen LogP contribution in [0.1, 0.15) is 5.56 Å². The van der Waals surface area contributed by atoms with Gasteiger partial charge in [0, 0.05) is 12.5 Å². The molecule has 5 heteroatoms. The topological polar surface area (TPSA) is 72.5 Å². The fourth-order valence-electron chi connectivity index (χ4n) is 1.17. The Hall–Kier alpha value is -1.62. The minimum atomic E-state index is -0.894. The predicted octanol–water partition coefficient (Wildman–Crippen LogP) is 0.574. The first-order valence-electron chi connectivity index (χ1n) is 4.35. The van der Waals surface area contributed by atoms with Gasteiger partial charge in [0.1, 0.15) is 17.6 Å². The molecule has 0 saturated heterocycles. The quantitative estimate of drug-likeness (QED) is 0.720. The van der Waals surface area contributed by atoms with Gasteiger partial charge in [-0.3, -0.25) is 4.79 Å². The fourth-order valence-corrected chi connectivity index (χ4v) is 1.17. The molecular formula is C10H12FNO3. The van der Waals surface area contributed by atoms with Crippen molar-refractivity contribution in [2.24, 2.45) is 5.73 Å². The lowest BCUT2D eigenvalue weighted by molar-refractivity contribution is -0.142. The van der Waals surface area contributed by atoms with Gasteiger partial charge >= 0.3 is 5.97 Å². The number of aromatic hydroxyl groups is 1. The van der Waals surface area contributed by atoms with Crippen LogP contribution < -0.4 is 5.73 Å². The summed E-state index contributed by atoms with van der Waals surface area (Å²) in [7, 11) is 1.22. The molecule has 1 aromatic carbocycles. The summed E-state index contributed by atoms with van der Waals surface area (Å²) in [6.07, 6.45) is 0.0405. The van der Waals surface area contributed by atoms with E-state index in [1.54, 1.807) is 0 Å². The highest BCUT2D eigenvalue weighted by atomic mass is 19.1. The number of ether oxygens (including phenoxy) is 1. The van der Waals surface area contributed by atoms with E-state index in [0.717, 1.165) is 6.07 Å². The maximum atomic E-state index is 13.2.